The maximum Gasteiger partial charge on any atom is 0.325 e. The number of carbonyl (C=O) groups excluding carboxylic acids is 3. The van der Waals surface area contributed by atoms with E-state index in [-0.39, 0.29) is 30.5 Å². The fourth-order valence-corrected chi connectivity index (χ4v) is 4.39. The summed E-state index contributed by atoms with van der Waals surface area (Å²) in [5.74, 6) is -0.198. The smallest absolute Gasteiger partial charge is 0.325 e. The second-order valence-electron chi connectivity index (χ2n) is 7.60. The van der Waals surface area contributed by atoms with Gasteiger partial charge in [0.15, 0.2) is 0 Å². The predicted octanol–water partition coefficient (Wildman–Crippen LogP) is 0.420. The van der Waals surface area contributed by atoms with Gasteiger partial charge in [0.25, 0.3) is 5.91 Å². The number of nitrogens with zero attached hydrogens (tertiary/aromatic N) is 3. The van der Waals surface area contributed by atoms with E-state index in [1.165, 1.54) is 12.0 Å². The maximum atomic E-state index is 13.2. The number of urea groups is 1. The van der Waals surface area contributed by atoms with E-state index in [9.17, 15) is 14.4 Å². The Morgan fingerprint density at radius 1 is 1.27 bits per heavy atom. The molecule has 1 spiro atoms. The monoisotopic (exact) mass is 366 g/mol. The summed E-state index contributed by atoms with van der Waals surface area (Å²) in [5, 5.41) is 2.98. The van der Waals surface area contributed by atoms with Crippen molar-refractivity contribution < 1.29 is 19.1 Å². The van der Waals surface area contributed by atoms with Crippen LogP contribution < -0.4 is 5.32 Å². The molecule has 0 bridgehead atoms. The van der Waals surface area contributed by atoms with Crippen LogP contribution in [0.1, 0.15) is 39.0 Å². The molecule has 0 saturated carbocycles. The van der Waals surface area contributed by atoms with E-state index in [0.717, 1.165) is 38.9 Å². The first-order valence-electron chi connectivity index (χ1n) is 9.65. The molecule has 26 heavy (non-hydrogen) atoms. The van der Waals surface area contributed by atoms with Crippen molar-refractivity contribution >= 4 is 17.8 Å². The molecule has 1 N–H and O–H groups in total. The van der Waals surface area contributed by atoms with Gasteiger partial charge in [0.05, 0.1) is 6.04 Å². The summed E-state index contributed by atoms with van der Waals surface area (Å²) in [7, 11) is 1.49. The molecule has 3 aliphatic rings. The quantitative estimate of drug-likeness (QED) is 0.713. The van der Waals surface area contributed by atoms with Crippen molar-refractivity contribution in [1.29, 1.82) is 0 Å². The van der Waals surface area contributed by atoms with Crippen molar-refractivity contribution in [2.75, 3.05) is 46.4 Å². The summed E-state index contributed by atoms with van der Waals surface area (Å²) in [6.45, 7) is 5.92. The highest BCUT2D eigenvalue weighted by atomic mass is 16.5. The minimum Gasteiger partial charge on any atom is -0.375 e. The molecule has 3 rings (SSSR count). The standard InChI is InChI=1S/C18H30N4O4/c1-3-8-20-10-6-18(7-11-20)16(24)22(17(25)19-18)14-5-4-9-21(12-14)15(23)13-26-2/h14H,3-13H2,1-2H3,(H,19,25)/t14-/m1/s1. The van der Waals surface area contributed by atoms with Crippen LogP contribution in [0.15, 0.2) is 0 Å². The Kier molecular flexibility index (Phi) is 5.82. The fourth-order valence-electron chi connectivity index (χ4n) is 4.39. The molecule has 3 saturated heterocycles. The Morgan fingerprint density at radius 2 is 2.00 bits per heavy atom. The largest absolute Gasteiger partial charge is 0.375 e. The first-order valence-corrected chi connectivity index (χ1v) is 9.65. The highest BCUT2D eigenvalue weighted by Crippen LogP contribution is 2.32. The van der Waals surface area contributed by atoms with Crippen LogP contribution in [0.25, 0.3) is 0 Å². The molecule has 1 atom stereocenters. The summed E-state index contributed by atoms with van der Waals surface area (Å²) in [5.41, 5.74) is -0.750. The second kappa shape index (κ2) is 7.92. The van der Waals surface area contributed by atoms with Crippen molar-refractivity contribution in [2.45, 2.75) is 50.6 Å². The third kappa shape index (κ3) is 3.57. The van der Waals surface area contributed by atoms with Crippen molar-refractivity contribution in [3.05, 3.63) is 0 Å². The number of piperidine rings is 2. The number of hydrogen-bond donors (Lipinski definition) is 1. The van der Waals surface area contributed by atoms with Crippen LogP contribution in [0, 0.1) is 0 Å². The van der Waals surface area contributed by atoms with E-state index < -0.39 is 5.54 Å². The van der Waals surface area contributed by atoms with E-state index in [2.05, 4.69) is 17.1 Å². The molecular weight excluding hydrogens is 336 g/mol. The van der Waals surface area contributed by atoms with Crippen LogP contribution in [0.2, 0.25) is 0 Å². The van der Waals surface area contributed by atoms with Crippen LogP contribution in [0.4, 0.5) is 4.79 Å². The molecule has 8 heteroatoms. The number of imide groups is 1. The van der Waals surface area contributed by atoms with Gasteiger partial charge >= 0.3 is 6.03 Å². The van der Waals surface area contributed by atoms with Gasteiger partial charge in [0.1, 0.15) is 12.1 Å². The minimum absolute atomic E-state index is 0.0318. The average Bonchev–Trinajstić information content (AvgIpc) is 2.87. The molecule has 0 aromatic heterocycles. The Balaban J connectivity index is 1.66. The Bertz CT molecular complexity index is 559. The van der Waals surface area contributed by atoms with Crippen LogP contribution in [-0.4, -0.2) is 90.6 Å². The predicted molar refractivity (Wildman–Crippen MR) is 95.6 cm³/mol. The third-order valence-corrected chi connectivity index (χ3v) is 5.82. The number of nitrogens with one attached hydrogen (secondary N) is 1. The zero-order valence-electron chi connectivity index (χ0n) is 15.8. The van der Waals surface area contributed by atoms with E-state index in [1.807, 2.05) is 0 Å². The summed E-state index contributed by atoms with van der Waals surface area (Å²) in [6, 6.07) is -0.546. The number of hydrogen-bond acceptors (Lipinski definition) is 5. The number of amides is 4. The van der Waals surface area contributed by atoms with Crippen molar-refractivity contribution in [3.63, 3.8) is 0 Å². The molecule has 3 fully saturated rings. The molecular formula is C18H30N4O4. The molecule has 4 amide bonds. The Morgan fingerprint density at radius 3 is 2.65 bits per heavy atom. The highest BCUT2D eigenvalue weighted by molar-refractivity contribution is 6.07. The fraction of sp³-hybridized carbons (Fsp3) is 0.833. The lowest BCUT2D eigenvalue weighted by atomic mass is 9.87. The summed E-state index contributed by atoms with van der Waals surface area (Å²) in [4.78, 5) is 43.3. The Hall–Kier alpha value is -1.67. The first-order chi connectivity index (χ1) is 12.5. The molecule has 0 aliphatic carbocycles. The zero-order valence-corrected chi connectivity index (χ0v) is 15.8. The minimum atomic E-state index is -0.750. The highest BCUT2D eigenvalue weighted by Gasteiger charge is 2.54. The molecule has 0 aromatic rings. The number of methoxy groups -OCH3 is 1. The van der Waals surface area contributed by atoms with Crippen LogP contribution in [0.5, 0.6) is 0 Å². The molecule has 3 heterocycles. The maximum absolute atomic E-state index is 13.2. The Labute approximate surface area is 154 Å². The van der Waals surface area contributed by atoms with Gasteiger partial charge in [-0.1, -0.05) is 6.92 Å². The van der Waals surface area contributed by atoms with Crippen LogP contribution >= 0.6 is 0 Å². The van der Waals surface area contributed by atoms with Crippen molar-refractivity contribution in [3.8, 4) is 0 Å². The molecule has 0 radical (unpaired) electrons. The second-order valence-corrected chi connectivity index (χ2v) is 7.60. The number of carbonyl (C=O) groups is 3. The van der Waals surface area contributed by atoms with Crippen molar-refractivity contribution in [1.82, 2.24) is 20.0 Å². The van der Waals surface area contributed by atoms with E-state index in [4.69, 9.17) is 4.74 Å². The molecule has 0 unspecified atom stereocenters. The van der Waals surface area contributed by atoms with E-state index in [1.54, 1.807) is 4.90 Å². The molecule has 0 aromatic carbocycles. The lowest BCUT2D eigenvalue weighted by molar-refractivity contribution is -0.141. The van der Waals surface area contributed by atoms with Gasteiger partial charge in [-0.3, -0.25) is 14.5 Å². The van der Waals surface area contributed by atoms with Gasteiger partial charge < -0.3 is 19.9 Å². The van der Waals surface area contributed by atoms with Gasteiger partial charge in [-0.2, -0.15) is 0 Å². The van der Waals surface area contributed by atoms with Crippen LogP contribution in [0.3, 0.4) is 0 Å². The lowest BCUT2D eigenvalue weighted by Gasteiger charge is -2.39. The zero-order chi connectivity index (χ0) is 18.7. The average molecular weight is 366 g/mol. The van der Waals surface area contributed by atoms with E-state index >= 15 is 0 Å². The number of rotatable bonds is 5. The first kappa shape index (κ1) is 19.1. The van der Waals surface area contributed by atoms with Gasteiger partial charge in [-0.15, -0.1) is 0 Å². The van der Waals surface area contributed by atoms with Gasteiger partial charge in [-0.05, 0) is 38.6 Å². The summed E-state index contributed by atoms with van der Waals surface area (Å²) < 4.78 is 4.92. The van der Waals surface area contributed by atoms with Crippen molar-refractivity contribution in [2.24, 2.45) is 0 Å². The number of likely N-dealkylation sites (tertiary alicyclic amines) is 2. The lowest BCUT2D eigenvalue weighted by Crippen LogP contribution is -2.56. The molecule has 3 aliphatic heterocycles. The topological polar surface area (TPSA) is 82.2 Å². The molecule has 146 valence electrons. The van der Waals surface area contributed by atoms with Gasteiger partial charge in [-0.25, -0.2) is 4.79 Å². The molecule has 8 nitrogen and oxygen atoms in total. The van der Waals surface area contributed by atoms with Crippen LogP contribution in [-0.2, 0) is 14.3 Å². The third-order valence-electron chi connectivity index (χ3n) is 5.82. The normalized spacial score (nSPS) is 26.5. The summed E-state index contributed by atoms with van der Waals surface area (Å²) in [6.07, 6.45) is 3.94. The van der Waals surface area contributed by atoms with Gasteiger partial charge in [0.2, 0.25) is 5.91 Å². The van der Waals surface area contributed by atoms with Gasteiger partial charge in [0, 0.05) is 33.3 Å². The summed E-state index contributed by atoms with van der Waals surface area (Å²) >= 11 is 0. The SMILES string of the molecule is CCCN1CCC2(CC1)NC(=O)N([C@@H]1CCCN(C(=O)COC)C1)C2=O. The number of ether oxygens (including phenoxy) is 1. The van der Waals surface area contributed by atoms with E-state index in [0.29, 0.717) is 25.9 Å².